The van der Waals surface area contributed by atoms with Crippen molar-refractivity contribution in [1.82, 2.24) is 14.7 Å². The Hall–Kier alpha value is -4.38. The molecule has 0 aliphatic heterocycles. The fourth-order valence-corrected chi connectivity index (χ4v) is 2.85. The molecule has 0 fully saturated rings. The zero-order chi connectivity index (χ0) is 22.4. The van der Waals surface area contributed by atoms with E-state index in [0.29, 0.717) is 17.1 Å². The number of nitrogens with one attached hydrogen (secondary N) is 1. The van der Waals surface area contributed by atoms with Crippen molar-refractivity contribution in [3.63, 3.8) is 0 Å². The Morgan fingerprint density at radius 1 is 1.29 bits per heavy atom. The summed E-state index contributed by atoms with van der Waals surface area (Å²) in [6.45, 7) is 5.51. The first-order chi connectivity index (χ1) is 15.0. The van der Waals surface area contributed by atoms with E-state index in [4.69, 9.17) is 9.47 Å². The van der Waals surface area contributed by atoms with Gasteiger partial charge < -0.3 is 14.8 Å². The number of para-hydroxylation sites is 2. The Labute approximate surface area is 178 Å². The molecule has 2 aromatic heterocycles. The van der Waals surface area contributed by atoms with Crippen LogP contribution in [0.3, 0.4) is 0 Å². The van der Waals surface area contributed by atoms with E-state index in [1.165, 1.54) is 23.7 Å². The number of hydrogen-bond donors (Lipinski definition) is 1. The molecule has 0 radical (unpaired) electrons. The third-order valence-electron chi connectivity index (χ3n) is 4.39. The maximum atomic E-state index is 13.2. The van der Waals surface area contributed by atoms with Gasteiger partial charge >= 0.3 is 0 Å². The minimum absolute atomic E-state index is 0.0423. The van der Waals surface area contributed by atoms with Crippen LogP contribution in [-0.2, 0) is 4.79 Å². The van der Waals surface area contributed by atoms with E-state index in [2.05, 4.69) is 16.9 Å². The number of nitrogens with zero attached hydrogens (tertiary/aromatic N) is 3. The van der Waals surface area contributed by atoms with Crippen molar-refractivity contribution in [3.8, 4) is 23.4 Å². The molecule has 0 aliphatic carbocycles. The van der Waals surface area contributed by atoms with Crippen LogP contribution in [0.25, 0.3) is 11.7 Å². The first-order valence-electron chi connectivity index (χ1n) is 9.34. The van der Waals surface area contributed by atoms with E-state index in [1.54, 1.807) is 36.5 Å². The molecule has 1 amide bonds. The number of hydrogen-bond acceptors (Lipinski definition) is 6. The lowest BCUT2D eigenvalue weighted by Crippen LogP contribution is -2.25. The largest absolute Gasteiger partial charge is 0.493 e. The second-order valence-corrected chi connectivity index (χ2v) is 6.44. The third-order valence-corrected chi connectivity index (χ3v) is 4.39. The average molecular weight is 416 g/mol. The number of nitriles is 1. The topological polar surface area (TPSA) is 106 Å². The summed E-state index contributed by atoms with van der Waals surface area (Å²) in [6, 6.07) is 12.2. The zero-order valence-corrected chi connectivity index (χ0v) is 17.1. The molecule has 0 bridgehead atoms. The molecule has 0 saturated carbocycles. The van der Waals surface area contributed by atoms with Crippen molar-refractivity contribution < 1.29 is 14.3 Å². The Morgan fingerprint density at radius 3 is 2.71 bits per heavy atom. The van der Waals surface area contributed by atoms with E-state index in [0.717, 1.165) is 5.56 Å². The van der Waals surface area contributed by atoms with E-state index >= 15 is 0 Å². The first-order valence-corrected chi connectivity index (χ1v) is 9.34. The van der Waals surface area contributed by atoms with Crippen LogP contribution >= 0.6 is 0 Å². The van der Waals surface area contributed by atoms with Gasteiger partial charge in [0.05, 0.1) is 7.11 Å². The minimum atomic E-state index is -0.639. The third kappa shape index (κ3) is 4.46. The highest BCUT2D eigenvalue weighted by Gasteiger charge is 2.18. The number of methoxy groups -OCH3 is 1. The van der Waals surface area contributed by atoms with Crippen LogP contribution in [-0.4, -0.2) is 28.9 Å². The van der Waals surface area contributed by atoms with Gasteiger partial charge in [-0.25, -0.2) is 0 Å². The number of aromatic nitrogens is 2. The predicted octanol–water partition coefficient (Wildman–Crippen LogP) is 3.01. The summed E-state index contributed by atoms with van der Waals surface area (Å²) in [5, 5.41) is 12.0. The predicted molar refractivity (Wildman–Crippen MR) is 116 cm³/mol. The smallest absolute Gasteiger partial charge is 0.269 e. The molecule has 2 heterocycles. The van der Waals surface area contributed by atoms with Gasteiger partial charge in [-0.2, -0.15) is 10.2 Å². The quantitative estimate of drug-likeness (QED) is 0.361. The number of pyridine rings is 1. The summed E-state index contributed by atoms with van der Waals surface area (Å²) >= 11 is 0. The highest BCUT2D eigenvalue weighted by molar-refractivity contribution is 6.02. The van der Waals surface area contributed by atoms with Crippen molar-refractivity contribution in [2.45, 2.75) is 6.92 Å². The van der Waals surface area contributed by atoms with Crippen molar-refractivity contribution in [2.75, 3.05) is 13.7 Å². The van der Waals surface area contributed by atoms with Crippen LogP contribution in [0, 0.1) is 18.3 Å². The van der Waals surface area contributed by atoms with E-state index in [-0.39, 0.29) is 23.6 Å². The van der Waals surface area contributed by atoms with Crippen LogP contribution < -0.4 is 20.3 Å². The number of fused-ring (bicyclic) bond motifs is 1. The summed E-state index contributed by atoms with van der Waals surface area (Å²) in [5.41, 5.74) is 0.355. The SMILES string of the molecule is C=CCNC(=O)C(C#N)=Cc1c(Oc2ccccc2OC)nc2c(C)cccn2c1=O. The van der Waals surface area contributed by atoms with Gasteiger partial charge in [0, 0.05) is 12.7 Å². The van der Waals surface area contributed by atoms with Gasteiger partial charge in [-0.1, -0.05) is 24.3 Å². The second kappa shape index (κ2) is 9.41. The van der Waals surface area contributed by atoms with Crippen LogP contribution in [0.1, 0.15) is 11.1 Å². The maximum Gasteiger partial charge on any atom is 0.269 e. The lowest BCUT2D eigenvalue weighted by Gasteiger charge is -2.13. The van der Waals surface area contributed by atoms with Gasteiger partial charge in [0.15, 0.2) is 11.5 Å². The molecule has 8 heteroatoms. The lowest BCUT2D eigenvalue weighted by atomic mass is 10.1. The normalized spacial score (nSPS) is 10.9. The van der Waals surface area contributed by atoms with Crippen molar-refractivity contribution in [2.24, 2.45) is 0 Å². The molecule has 0 aliphatic rings. The molecular formula is C23H20N4O4. The Kier molecular flexibility index (Phi) is 6.48. The van der Waals surface area contributed by atoms with Crippen LogP contribution in [0.5, 0.6) is 17.4 Å². The molecule has 156 valence electrons. The molecule has 0 saturated heterocycles. The molecule has 8 nitrogen and oxygen atoms in total. The Balaban J connectivity index is 2.24. The molecule has 31 heavy (non-hydrogen) atoms. The number of ether oxygens (including phenoxy) is 2. The fourth-order valence-electron chi connectivity index (χ4n) is 2.85. The van der Waals surface area contributed by atoms with Gasteiger partial charge in [-0.3, -0.25) is 14.0 Å². The summed E-state index contributed by atoms with van der Waals surface area (Å²) in [6.07, 6.45) is 4.22. The first kappa shape index (κ1) is 21.3. The lowest BCUT2D eigenvalue weighted by molar-refractivity contribution is -0.116. The monoisotopic (exact) mass is 416 g/mol. The van der Waals surface area contributed by atoms with Crippen LogP contribution in [0.4, 0.5) is 0 Å². The van der Waals surface area contributed by atoms with Gasteiger partial charge in [0.1, 0.15) is 22.9 Å². The fraction of sp³-hybridized carbons (Fsp3) is 0.130. The van der Waals surface area contributed by atoms with Crippen molar-refractivity contribution in [3.05, 3.63) is 82.3 Å². The molecular weight excluding hydrogens is 396 g/mol. The highest BCUT2D eigenvalue weighted by atomic mass is 16.5. The minimum Gasteiger partial charge on any atom is -0.493 e. The van der Waals surface area contributed by atoms with Crippen molar-refractivity contribution in [1.29, 1.82) is 5.26 Å². The molecule has 3 rings (SSSR count). The molecule has 3 aromatic rings. The average Bonchev–Trinajstić information content (AvgIpc) is 2.78. The second-order valence-electron chi connectivity index (χ2n) is 6.44. The van der Waals surface area contributed by atoms with Gasteiger partial charge in [0.25, 0.3) is 11.5 Å². The van der Waals surface area contributed by atoms with Crippen LogP contribution in [0.2, 0.25) is 0 Å². The number of aryl methyl sites for hydroxylation is 1. The zero-order valence-electron chi connectivity index (χ0n) is 17.1. The molecule has 0 atom stereocenters. The van der Waals surface area contributed by atoms with E-state index in [1.807, 2.05) is 19.1 Å². The Morgan fingerprint density at radius 2 is 2.03 bits per heavy atom. The molecule has 1 aromatic carbocycles. The van der Waals surface area contributed by atoms with Crippen LogP contribution in [0.15, 0.2) is 65.6 Å². The standard InChI is InChI=1S/C23H20N4O4/c1-4-11-25-21(28)16(14-24)13-17-22(31-19-10-6-5-9-18(19)30-3)26-20-15(2)8-7-12-27(20)23(17)29/h4-10,12-13H,1,11H2,2-3H3,(H,25,28). The number of benzene rings is 1. The summed E-state index contributed by atoms with van der Waals surface area (Å²) in [5.74, 6) is 0.0833. The number of amides is 1. The van der Waals surface area contributed by atoms with Crippen molar-refractivity contribution >= 4 is 17.6 Å². The van der Waals surface area contributed by atoms with Gasteiger partial charge in [0.2, 0.25) is 5.88 Å². The molecule has 0 unspecified atom stereocenters. The maximum absolute atomic E-state index is 13.2. The molecule has 1 N–H and O–H groups in total. The summed E-state index contributed by atoms with van der Waals surface area (Å²) in [7, 11) is 1.49. The summed E-state index contributed by atoms with van der Waals surface area (Å²) in [4.78, 5) is 30.0. The molecule has 0 spiro atoms. The van der Waals surface area contributed by atoms with Gasteiger partial charge in [-0.15, -0.1) is 6.58 Å². The Bertz CT molecular complexity index is 1280. The number of carbonyl (C=O) groups excluding carboxylic acids is 1. The van der Waals surface area contributed by atoms with E-state index in [9.17, 15) is 14.9 Å². The summed E-state index contributed by atoms with van der Waals surface area (Å²) < 4.78 is 12.6. The number of carbonyl (C=O) groups is 1. The van der Waals surface area contributed by atoms with E-state index < -0.39 is 11.5 Å². The van der Waals surface area contributed by atoms with Gasteiger partial charge in [-0.05, 0) is 36.8 Å². The number of rotatable bonds is 7. The highest BCUT2D eigenvalue weighted by Crippen LogP contribution is 2.32.